The Hall–Kier alpha value is -1.95. The van der Waals surface area contributed by atoms with Crippen molar-refractivity contribution in [1.29, 1.82) is 0 Å². The topological polar surface area (TPSA) is 57.6 Å². The molecule has 1 aromatic heterocycles. The predicted molar refractivity (Wildman–Crippen MR) is 73.4 cm³/mol. The number of carboxylic acid groups (broad SMARTS) is 1. The SMILES string of the molecule is O=C(O)c1sc2cccc(F)c2c1CN1CCCC1=O. The third-order valence-electron chi connectivity index (χ3n) is 3.48. The highest BCUT2D eigenvalue weighted by atomic mass is 32.1. The fourth-order valence-electron chi connectivity index (χ4n) is 2.55. The van der Waals surface area contributed by atoms with Crippen LogP contribution in [0.25, 0.3) is 10.1 Å². The van der Waals surface area contributed by atoms with E-state index in [9.17, 15) is 19.1 Å². The summed E-state index contributed by atoms with van der Waals surface area (Å²) in [5.74, 6) is -1.52. The zero-order chi connectivity index (χ0) is 14.3. The summed E-state index contributed by atoms with van der Waals surface area (Å²) in [6, 6.07) is 4.57. The van der Waals surface area contributed by atoms with Gasteiger partial charge >= 0.3 is 5.97 Å². The van der Waals surface area contributed by atoms with E-state index in [1.807, 2.05) is 0 Å². The van der Waals surface area contributed by atoms with Gasteiger partial charge in [-0.2, -0.15) is 0 Å². The Balaban J connectivity index is 2.13. The lowest BCUT2D eigenvalue weighted by Crippen LogP contribution is -2.24. The van der Waals surface area contributed by atoms with Gasteiger partial charge in [0.05, 0.1) is 0 Å². The first-order valence-electron chi connectivity index (χ1n) is 6.29. The van der Waals surface area contributed by atoms with Crippen LogP contribution in [0, 0.1) is 5.82 Å². The second-order valence-corrected chi connectivity index (χ2v) is 5.80. The number of aromatic carboxylic acids is 1. The highest BCUT2D eigenvalue weighted by Crippen LogP contribution is 2.34. The van der Waals surface area contributed by atoms with E-state index in [0.29, 0.717) is 28.6 Å². The lowest BCUT2D eigenvalue weighted by Gasteiger charge is -2.15. The Bertz CT molecular complexity index is 710. The first kappa shape index (κ1) is 13.1. The van der Waals surface area contributed by atoms with E-state index in [4.69, 9.17) is 0 Å². The number of carbonyl (C=O) groups excluding carboxylic acids is 1. The van der Waals surface area contributed by atoms with Crippen molar-refractivity contribution in [2.75, 3.05) is 6.54 Å². The molecule has 1 N–H and O–H groups in total. The number of carbonyl (C=O) groups is 2. The summed E-state index contributed by atoms with van der Waals surface area (Å²) in [5, 5.41) is 9.61. The van der Waals surface area contributed by atoms with Gasteiger partial charge in [-0.15, -0.1) is 11.3 Å². The maximum absolute atomic E-state index is 14.0. The number of nitrogens with zero attached hydrogens (tertiary/aromatic N) is 1. The van der Waals surface area contributed by atoms with E-state index >= 15 is 0 Å². The van der Waals surface area contributed by atoms with Crippen LogP contribution in [0.2, 0.25) is 0 Å². The van der Waals surface area contributed by atoms with Crippen molar-refractivity contribution in [3.63, 3.8) is 0 Å². The van der Waals surface area contributed by atoms with Crippen molar-refractivity contribution in [2.24, 2.45) is 0 Å². The molecule has 0 bridgehead atoms. The van der Waals surface area contributed by atoms with Crippen LogP contribution in [0.15, 0.2) is 18.2 Å². The summed E-state index contributed by atoms with van der Waals surface area (Å²) in [6.45, 7) is 0.769. The van der Waals surface area contributed by atoms with Crippen LogP contribution in [-0.4, -0.2) is 28.4 Å². The predicted octanol–water partition coefficient (Wildman–Crippen LogP) is 2.86. The first-order valence-corrected chi connectivity index (χ1v) is 7.10. The quantitative estimate of drug-likeness (QED) is 0.946. The summed E-state index contributed by atoms with van der Waals surface area (Å²) in [6.07, 6.45) is 1.25. The number of carboxylic acids is 1. The van der Waals surface area contributed by atoms with Gasteiger partial charge in [0.25, 0.3) is 0 Å². The summed E-state index contributed by atoms with van der Waals surface area (Å²) in [7, 11) is 0. The molecular formula is C14H12FNO3S. The Morgan fingerprint density at radius 3 is 2.90 bits per heavy atom. The lowest BCUT2D eigenvalue weighted by molar-refractivity contribution is -0.128. The van der Waals surface area contributed by atoms with Crippen molar-refractivity contribution in [3.8, 4) is 0 Å². The normalized spacial score (nSPS) is 15.2. The van der Waals surface area contributed by atoms with Crippen LogP contribution in [0.3, 0.4) is 0 Å². The molecule has 0 unspecified atom stereocenters. The maximum Gasteiger partial charge on any atom is 0.346 e. The van der Waals surface area contributed by atoms with Crippen LogP contribution < -0.4 is 0 Å². The molecular weight excluding hydrogens is 281 g/mol. The molecule has 4 nitrogen and oxygen atoms in total. The molecule has 3 rings (SSSR count). The summed E-state index contributed by atoms with van der Waals surface area (Å²) >= 11 is 1.05. The van der Waals surface area contributed by atoms with Crippen molar-refractivity contribution >= 4 is 33.3 Å². The fraction of sp³-hybridized carbons (Fsp3) is 0.286. The minimum atomic E-state index is -1.08. The van der Waals surface area contributed by atoms with E-state index in [-0.39, 0.29) is 17.3 Å². The van der Waals surface area contributed by atoms with E-state index in [0.717, 1.165) is 17.8 Å². The summed E-state index contributed by atoms with van der Waals surface area (Å²) in [5.41, 5.74) is 0.408. The molecule has 104 valence electrons. The number of rotatable bonds is 3. The Kier molecular flexibility index (Phi) is 3.17. The van der Waals surface area contributed by atoms with Gasteiger partial charge < -0.3 is 10.0 Å². The van der Waals surface area contributed by atoms with Gasteiger partial charge in [0.15, 0.2) is 0 Å². The molecule has 0 saturated carbocycles. The number of likely N-dealkylation sites (tertiary alicyclic amines) is 1. The minimum absolute atomic E-state index is 0.00275. The van der Waals surface area contributed by atoms with E-state index in [1.165, 1.54) is 6.07 Å². The summed E-state index contributed by atoms with van der Waals surface area (Å²) < 4.78 is 14.6. The monoisotopic (exact) mass is 293 g/mol. The van der Waals surface area contributed by atoms with Crippen LogP contribution in [0.5, 0.6) is 0 Å². The zero-order valence-electron chi connectivity index (χ0n) is 10.6. The number of benzene rings is 1. The van der Waals surface area contributed by atoms with Gasteiger partial charge in [-0.05, 0) is 18.6 Å². The number of amides is 1. The van der Waals surface area contributed by atoms with Crippen LogP contribution in [0.1, 0.15) is 28.1 Å². The molecule has 1 amide bonds. The van der Waals surface area contributed by atoms with E-state index < -0.39 is 11.8 Å². The van der Waals surface area contributed by atoms with Crippen molar-refractivity contribution in [1.82, 2.24) is 4.90 Å². The fourth-order valence-corrected chi connectivity index (χ4v) is 3.62. The van der Waals surface area contributed by atoms with Crippen molar-refractivity contribution < 1.29 is 19.1 Å². The molecule has 2 heterocycles. The molecule has 1 aliphatic rings. The largest absolute Gasteiger partial charge is 0.477 e. The second kappa shape index (κ2) is 4.86. The molecule has 1 fully saturated rings. The standard InChI is InChI=1S/C14H12FNO3S/c15-9-3-1-4-10-12(9)8(13(20-10)14(18)19)7-16-6-2-5-11(16)17/h1,3-4H,2,5-7H2,(H,18,19). The number of thiophene rings is 1. The molecule has 2 aromatic rings. The molecule has 0 radical (unpaired) electrons. The highest BCUT2D eigenvalue weighted by Gasteiger charge is 2.26. The Labute approximate surface area is 118 Å². The van der Waals surface area contributed by atoms with E-state index in [2.05, 4.69) is 0 Å². The van der Waals surface area contributed by atoms with Crippen LogP contribution >= 0.6 is 11.3 Å². The first-order chi connectivity index (χ1) is 9.58. The average molecular weight is 293 g/mol. The van der Waals surface area contributed by atoms with Gasteiger partial charge in [-0.3, -0.25) is 4.79 Å². The third-order valence-corrected chi connectivity index (χ3v) is 4.66. The van der Waals surface area contributed by atoms with Crippen molar-refractivity contribution in [3.05, 3.63) is 34.5 Å². The smallest absolute Gasteiger partial charge is 0.346 e. The van der Waals surface area contributed by atoms with Gasteiger partial charge in [0.2, 0.25) is 5.91 Å². The number of halogens is 1. The molecule has 0 spiro atoms. The number of hydrogen-bond acceptors (Lipinski definition) is 3. The van der Waals surface area contributed by atoms with E-state index in [1.54, 1.807) is 17.0 Å². The molecule has 20 heavy (non-hydrogen) atoms. The van der Waals surface area contributed by atoms with Gasteiger partial charge in [0, 0.05) is 35.2 Å². The highest BCUT2D eigenvalue weighted by molar-refractivity contribution is 7.21. The Morgan fingerprint density at radius 1 is 1.45 bits per heavy atom. The molecule has 6 heteroatoms. The number of fused-ring (bicyclic) bond motifs is 1. The Morgan fingerprint density at radius 2 is 2.25 bits per heavy atom. The molecule has 0 aliphatic carbocycles. The van der Waals surface area contributed by atoms with Gasteiger partial charge in [-0.25, -0.2) is 9.18 Å². The van der Waals surface area contributed by atoms with Gasteiger partial charge in [0.1, 0.15) is 10.7 Å². The third kappa shape index (κ3) is 2.06. The molecule has 1 aromatic carbocycles. The van der Waals surface area contributed by atoms with Crippen molar-refractivity contribution in [2.45, 2.75) is 19.4 Å². The average Bonchev–Trinajstić information content (AvgIpc) is 2.96. The number of hydrogen-bond donors (Lipinski definition) is 1. The molecule has 1 saturated heterocycles. The maximum atomic E-state index is 14.0. The summed E-state index contributed by atoms with van der Waals surface area (Å²) in [4.78, 5) is 24.7. The second-order valence-electron chi connectivity index (χ2n) is 4.75. The van der Waals surface area contributed by atoms with Crippen LogP contribution in [0.4, 0.5) is 4.39 Å². The zero-order valence-corrected chi connectivity index (χ0v) is 11.4. The van der Waals surface area contributed by atoms with Gasteiger partial charge in [-0.1, -0.05) is 6.07 Å². The molecule has 0 atom stereocenters. The van der Waals surface area contributed by atoms with Crippen LogP contribution in [-0.2, 0) is 11.3 Å². The molecule has 1 aliphatic heterocycles. The lowest BCUT2D eigenvalue weighted by atomic mass is 10.1. The minimum Gasteiger partial charge on any atom is -0.477 e.